The average Bonchev–Trinajstić information content (AvgIpc) is 3.35. The highest BCUT2D eigenvalue weighted by Gasteiger charge is 2.20. The molecule has 4 rings (SSSR count). The largest absolute Gasteiger partial charge is 0.357 e. The first-order valence-corrected chi connectivity index (χ1v) is 10.2. The van der Waals surface area contributed by atoms with E-state index in [1.54, 1.807) is 0 Å². The smallest absolute Gasteiger partial charge is 0.241 e. The molecule has 0 saturated carbocycles. The Balaban J connectivity index is 1.32. The first kappa shape index (κ1) is 18.4. The van der Waals surface area contributed by atoms with Crippen LogP contribution in [0.15, 0.2) is 22.9 Å². The van der Waals surface area contributed by atoms with E-state index in [2.05, 4.69) is 49.7 Å². The number of anilines is 1. The standard InChI is InChI=1S/C20H30N6O/c1-16(2)14-24-9-11-25(12-10-24)15-19-22-20(23-27-19)17-5-6-18(21-13-17)26-7-3-4-8-26/h5-6,13,16H,3-4,7-12,14-15H2,1-2H3. The van der Waals surface area contributed by atoms with Gasteiger partial charge in [0.1, 0.15) is 5.82 Å². The van der Waals surface area contributed by atoms with Crippen molar-refractivity contribution in [3.8, 4) is 11.4 Å². The third-order valence-electron chi connectivity index (χ3n) is 5.35. The molecule has 0 atom stereocenters. The van der Waals surface area contributed by atoms with Gasteiger partial charge in [-0.1, -0.05) is 19.0 Å². The fourth-order valence-corrected chi connectivity index (χ4v) is 3.93. The van der Waals surface area contributed by atoms with Gasteiger partial charge in [-0.15, -0.1) is 0 Å². The van der Waals surface area contributed by atoms with Gasteiger partial charge in [-0.05, 0) is 30.9 Å². The number of piperazine rings is 1. The van der Waals surface area contributed by atoms with Crippen molar-refractivity contribution >= 4 is 5.82 Å². The quantitative estimate of drug-likeness (QED) is 0.774. The number of hydrogen-bond donors (Lipinski definition) is 0. The summed E-state index contributed by atoms with van der Waals surface area (Å²) >= 11 is 0. The van der Waals surface area contributed by atoms with Crippen molar-refractivity contribution in [2.75, 3.05) is 50.7 Å². The molecule has 0 radical (unpaired) electrons. The normalized spacial score (nSPS) is 19.3. The highest BCUT2D eigenvalue weighted by atomic mass is 16.5. The monoisotopic (exact) mass is 370 g/mol. The second-order valence-electron chi connectivity index (χ2n) is 8.08. The predicted molar refractivity (Wildman–Crippen MR) is 106 cm³/mol. The maximum absolute atomic E-state index is 5.49. The van der Waals surface area contributed by atoms with Crippen LogP contribution in [0.2, 0.25) is 0 Å². The molecule has 2 aromatic rings. The van der Waals surface area contributed by atoms with E-state index in [1.807, 2.05) is 12.3 Å². The van der Waals surface area contributed by atoms with Crippen LogP contribution in [0.25, 0.3) is 11.4 Å². The Kier molecular flexibility index (Phi) is 5.69. The molecule has 0 spiro atoms. The molecule has 0 amide bonds. The van der Waals surface area contributed by atoms with Crippen LogP contribution in [0.3, 0.4) is 0 Å². The topological polar surface area (TPSA) is 61.5 Å². The lowest BCUT2D eigenvalue weighted by Gasteiger charge is -2.34. The van der Waals surface area contributed by atoms with E-state index in [0.717, 1.165) is 63.1 Å². The molecule has 2 saturated heterocycles. The van der Waals surface area contributed by atoms with Gasteiger partial charge in [-0.3, -0.25) is 4.90 Å². The van der Waals surface area contributed by atoms with Crippen LogP contribution in [0.4, 0.5) is 5.82 Å². The third kappa shape index (κ3) is 4.65. The van der Waals surface area contributed by atoms with E-state index in [1.165, 1.54) is 19.4 Å². The van der Waals surface area contributed by atoms with E-state index in [4.69, 9.17) is 4.52 Å². The Labute approximate surface area is 161 Å². The predicted octanol–water partition coefficient (Wildman–Crippen LogP) is 2.51. The Hall–Kier alpha value is -1.99. The maximum Gasteiger partial charge on any atom is 0.241 e. The van der Waals surface area contributed by atoms with Gasteiger partial charge in [0.25, 0.3) is 0 Å². The molecule has 2 aromatic heterocycles. The number of nitrogens with zero attached hydrogens (tertiary/aromatic N) is 6. The molecule has 0 aliphatic carbocycles. The van der Waals surface area contributed by atoms with E-state index in [-0.39, 0.29) is 0 Å². The molecular formula is C20H30N6O. The van der Waals surface area contributed by atoms with Crippen molar-refractivity contribution in [1.82, 2.24) is 24.9 Å². The minimum atomic E-state index is 0.629. The highest BCUT2D eigenvalue weighted by molar-refractivity contribution is 5.56. The van der Waals surface area contributed by atoms with E-state index in [0.29, 0.717) is 11.7 Å². The average molecular weight is 371 g/mol. The van der Waals surface area contributed by atoms with Gasteiger partial charge < -0.3 is 14.3 Å². The van der Waals surface area contributed by atoms with Gasteiger partial charge in [0.05, 0.1) is 6.54 Å². The molecular weight excluding hydrogens is 340 g/mol. The molecule has 2 aliphatic heterocycles. The molecule has 0 aromatic carbocycles. The van der Waals surface area contributed by atoms with E-state index >= 15 is 0 Å². The molecule has 2 fully saturated rings. The minimum Gasteiger partial charge on any atom is -0.357 e. The Bertz CT molecular complexity index is 714. The summed E-state index contributed by atoms with van der Waals surface area (Å²) in [6.45, 7) is 13.0. The van der Waals surface area contributed by atoms with Crippen molar-refractivity contribution in [3.63, 3.8) is 0 Å². The van der Waals surface area contributed by atoms with Gasteiger partial charge in [0, 0.05) is 57.6 Å². The lowest BCUT2D eigenvalue weighted by atomic mass is 10.2. The highest BCUT2D eigenvalue weighted by Crippen LogP contribution is 2.21. The van der Waals surface area contributed by atoms with Gasteiger partial charge in [-0.2, -0.15) is 4.98 Å². The van der Waals surface area contributed by atoms with Gasteiger partial charge in [-0.25, -0.2) is 4.98 Å². The molecule has 146 valence electrons. The van der Waals surface area contributed by atoms with E-state index in [9.17, 15) is 0 Å². The lowest BCUT2D eigenvalue weighted by Crippen LogP contribution is -2.46. The molecule has 0 N–H and O–H groups in total. The Morgan fingerprint density at radius 2 is 1.74 bits per heavy atom. The maximum atomic E-state index is 5.49. The van der Waals surface area contributed by atoms with Crippen LogP contribution in [0, 0.1) is 5.92 Å². The molecule has 0 unspecified atom stereocenters. The van der Waals surface area contributed by atoms with Crippen LogP contribution in [-0.4, -0.2) is 70.7 Å². The van der Waals surface area contributed by atoms with Crippen LogP contribution >= 0.6 is 0 Å². The third-order valence-corrected chi connectivity index (χ3v) is 5.35. The van der Waals surface area contributed by atoms with Crippen LogP contribution < -0.4 is 4.90 Å². The van der Waals surface area contributed by atoms with Crippen molar-refractivity contribution in [1.29, 1.82) is 0 Å². The van der Waals surface area contributed by atoms with E-state index < -0.39 is 0 Å². The van der Waals surface area contributed by atoms with Crippen molar-refractivity contribution in [2.45, 2.75) is 33.2 Å². The van der Waals surface area contributed by atoms with Crippen molar-refractivity contribution < 1.29 is 4.52 Å². The van der Waals surface area contributed by atoms with Crippen LogP contribution in [-0.2, 0) is 6.54 Å². The molecule has 7 nitrogen and oxygen atoms in total. The number of aromatic nitrogens is 3. The first-order chi connectivity index (χ1) is 13.2. The summed E-state index contributed by atoms with van der Waals surface area (Å²) in [6.07, 6.45) is 4.36. The molecule has 7 heteroatoms. The minimum absolute atomic E-state index is 0.629. The van der Waals surface area contributed by atoms with Crippen molar-refractivity contribution in [3.05, 3.63) is 24.2 Å². The second kappa shape index (κ2) is 8.35. The summed E-state index contributed by atoms with van der Waals surface area (Å²) in [4.78, 5) is 16.4. The first-order valence-electron chi connectivity index (χ1n) is 10.2. The van der Waals surface area contributed by atoms with Crippen LogP contribution in [0.5, 0.6) is 0 Å². The van der Waals surface area contributed by atoms with Gasteiger partial charge in [0.2, 0.25) is 11.7 Å². The summed E-state index contributed by atoms with van der Waals surface area (Å²) in [7, 11) is 0. The number of hydrogen-bond acceptors (Lipinski definition) is 7. The Morgan fingerprint density at radius 3 is 2.41 bits per heavy atom. The molecule has 2 aliphatic rings. The number of pyridine rings is 1. The summed E-state index contributed by atoms with van der Waals surface area (Å²) in [5, 5.41) is 4.16. The van der Waals surface area contributed by atoms with Gasteiger partial charge in [0.15, 0.2) is 0 Å². The van der Waals surface area contributed by atoms with Crippen LogP contribution in [0.1, 0.15) is 32.6 Å². The zero-order chi connectivity index (χ0) is 18.6. The summed E-state index contributed by atoms with van der Waals surface area (Å²) < 4.78 is 5.49. The molecule has 4 heterocycles. The summed E-state index contributed by atoms with van der Waals surface area (Å²) in [5.41, 5.74) is 0.912. The SMILES string of the molecule is CC(C)CN1CCN(Cc2nc(-c3ccc(N4CCCC4)nc3)no2)CC1. The molecule has 0 bridgehead atoms. The zero-order valence-corrected chi connectivity index (χ0v) is 16.5. The summed E-state index contributed by atoms with van der Waals surface area (Å²) in [5.74, 6) is 3.08. The second-order valence-corrected chi connectivity index (χ2v) is 8.08. The summed E-state index contributed by atoms with van der Waals surface area (Å²) in [6, 6.07) is 4.10. The fourth-order valence-electron chi connectivity index (χ4n) is 3.93. The number of rotatable bonds is 6. The van der Waals surface area contributed by atoms with Gasteiger partial charge >= 0.3 is 0 Å². The fraction of sp³-hybridized carbons (Fsp3) is 0.650. The Morgan fingerprint density at radius 1 is 1.00 bits per heavy atom. The lowest BCUT2D eigenvalue weighted by molar-refractivity contribution is 0.108. The zero-order valence-electron chi connectivity index (χ0n) is 16.5. The van der Waals surface area contributed by atoms with Crippen molar-refractivity contribution in [2.24, 2.45) is 5.92 Å². The molecule has 27 heavy (non-hydrogen) atoms.